The van der Waals surface area contributed by atoms with Gasteiger partial charge in [-0.1, -0.05) is 42.7 Å². The highest BCUT2D eigenvalue weighted by atomic mass is 16.1. The van der Waals surface area contributed by atoms with E-state index in [0.29, 0.717) is 0 Å². The predicted octanol–water partition coefficient (Wildman–Crippen LogP) is 2.36. The van der Waals surface area contributed by atoms with E-state index in [-0.39, 0.29) is 11.8 Å². The summed E-state index contributed by atoms with van der Waals surface area (Å²) in [6, 6.07) is 8.11. The average Bonchev–Trinajstić information content (AvgIpc) is 2.97. The van der Waals surface area contributed by atoms with Crippen LogP contribution in [-0.4, -0.2) is 5.91 Å². The van der Waals surface area contributed by atoms with E-state index in [9.17, 15) is 4.79 Å². The van der Waals surface area contributed by atoms with Crippen molar-refractivity contribution in [3.05, 3.63) is 35.4 Å². The molecule has 1 atom stereocenters. The van der Waals surface area contributed by atoms with Gasteiger partial charge in [-0.2, -0.15) is 0 Å². The molecule has 1 aromatic carbocycles. The molecule has 0 spiro atoms. The summed E-state index contributed by atoms with van der Waals surface area (Å²) < 4.78 is 0. The Hall–Kier alpha value is -1.31. The van der Waals surface area contributed by atoms with Gasteiger partial charge in [0.25, 0.3) is 0 Å². The minimum atomic E-state index is -0.187. The quantitative estimate of drug-likeness (QED) is 0.802. The van der Waals surface area contributed by atoms with Gasteiger partial charge in [-0.05, 0) is 24.8 Å². The van der Waals surface area contributed by atoms with E-state index >= 15 is 0 Å². The van der Waals surface area contributed by atoms with Crippen molar-refractivity contribution in [3.8, 4) is 0 Å². The van der Waals surface area contributed by atoms with Gasteiger partial charge in [-0.15, -0.1) is 0 Å². The summed E-state index contributed by atoms with van der Waals surface area (Å²) in [7, 11) is 0. The van der Waals surface area contributed by atoms with E-state index in [1.807, 2.05) is 25.1 Å². The molecular weight excluding hydrogens is 186 g/mol. The molecule has 2 rings (SSSR count). The Labute approximate surface area is 90.5 Å². The predicted molar refractivity (Wildman–Crippen MR) is 60.5 cm³/mol. The smallest absolute Gasteiger partial charge is 0.224 e. The number of carbonyl (C=O) groups excluding carboxylic acids is 1. The first-order chi connectivity index (χ1) is 7.16. The van der Waals surface area contributed by atoms with Gasteiger partial charge < -0.3 is 5.73 Å². The Morgan fingerprint density at radius 1 is 1.53 bits per heavy atom. The Bertz CT molecular complexity index is 369. The van der Waals surface area contributed by atoms with Crippen LogP contribution in [0.2, 0.25) is 0 Å². The molecule has 0 heterocycles. The summed E-state index contributed by atoms with van der Waals surface area (Å²) >= 11 is 0. The van der Waals surface area contributed by atoms with E-state index in [1.165, 1.54) is 18.4 Å². The highest BCUT2D eigenvalue weighted by Gasteiger charge is 2.29. The molecule has 0 aromatic heterocycles. The molecule has 1 amide bonds. The SMILES string of the molecule is Cc1cccc(C(CC2CC2)C(N)=O)c1. The van der Waals surface area contributed by atoms with Crippen molar-refractivity contribution < 1.29 is 4.79 Å². The molecule has 15 heavy (non-hydrogen) atoms. The lowest BCUT2D eigenvalue weighted by molar-refractivity contribution is -0.119. The van der Waals surface area contributed by atoms with E-state index in [0.717, 1.165) is 17.9 Å². The molecule has 2 N–H and O–H groups in total. The summed E-state index contributed by atoms with van der Waals surface area (Å²) in [4.78, 5) is 11.4. The summed E-state index contributed by atoms with van der Waals surface area (Å²) in [5.41, 5.74) is 7.72. The molecule has 1 fully saturated rings. The molecule has 1 saturated carbocycles. The molecule has 1 aliphatic carbocycles. The van der Waals surface area contributed by atoms with Crippen LogP contribution in [0.1, 0.15) is 36.3 Å². The number of amides is 1. The third-order valence-electron chi connectivity index (χ3n) is 3.05. The number of hydrogen-bond acceptors (Lipinski definition) is 1. The summed E-state index contributed by atoms with van der Waals surface area (Å²) in [6.07, 6.45) is 3.45. The molecule has 80 valence electrons. The second kappa shape index (κ2) is 4.05. The highest BCUT2D eigenvalue weighted by Crippen LogP contribution is 2.38. The maximum absolute atomic E-state index is 11.4. The van der Waals surface area contributed by atoms with Gasteiger partial charge >= 0.3 is 0 Å². The third-order valence-corrected chi connectivity index (χ3v) is 3.05. The molecule has 0 saturated heterocycles. The summed E-state index contributed by atoms with van der Waals surface area (Å²) in [5.74, 6) is 0.452. The maximum atomic E-state index is 11.4. The molecule has 1 unspecified atom stereocenters. The van der Waals surface area contributed by atoms with E-state index in [2.05, 4.69) is 6.07 Å². The Kier molecular flexibility index (Phi) is 2.76. The molecule has 2 nitrogen and oxygen atoms in total. The zero-order valence-electron chi connectivity index (χ0n) is 9.07. The van der Waals surface area contributed by atoms with Gasteiger partial charge in [0, 0.05) is 0 Å². The fourth-order valence-corrected chi connectivity index (χ4v) is 1.99. The van der Waals surface area contributed by atoms with Crippen LogP contribution < -0.4 is 5.73 Å². The first-order valence-corrected chi connectivity index (χ1v) is 5.52. The van der Waals surface area contributed by atoms with Gasteiger partial charge in [0.15, 0.2) is 0 Å². The van der Waals surface area contributed by atoms with Crippen LogP contribution in [0.3, 0.4) is 0 Å². The van der Waals surface area contributed by atoms with Gasteiger partial charge in [0.1, 0.15) is 0 Å². The second-order valence-corrected chi connectivity index (χ2v) is 4.55. The van der Waals surface area contributed by atoms with Gasteiger partial charge in [-0.3, -0.25) is 4.79 Å². The minimum absolute atomic E-state index is 0.0857. The van der Waals surface area contributed by atoms with E-state index in [1.54, 1.807) is 0 Å². The van der Waals surface area contributed by atoms with Crippen molar-refractivity contribution in [1.82, 2.24) is 0 Å². The van der Waals surface area contributed by atoms with Crippen LogP contribution in [-0.2, 0) is 4.79 Å². The molecule has 1 aromatic rings. The largest absolute Gasteiger partial charge is 0.369 e. The standard InChI is InChI=1S/C13H17NO/c1-9-3-2-4-11(7-9)12(13(14)15)8-10-5-6-10/h2-4,7,10,12H,5-6,8H2,1H3,(H2,14,15). The minimum Gasteiger partial charge on any atom is -0.369 e. The molecule has 2 heteroatoms. The zero-order chi connectivity index (χ0) is 10.8. The van der Waals surface area contributed by atoms with Crippen molar-refractivity contribution in [2.45, 2.75) is 32.1 Å². The number of rotatable bonds is 4. The number of nitrogens with two attached hydrogens (primary N) is 1. The van der Waals surface area contributed by atoms with Gasteiger partial charge in [-0.25, -0.2) is 0 Å². The van der Waals surface area contributed by atoms with Crippen molar-refractivity contribution in [2.75, 3.05) is 0 Å². The summed E-state index contributed by atoms with van der Waals surface area (Å²) in [6.45, 7) is 2.04. The van der Waals surface area contributed by atoms with Gasteiger partial charge in [0.05, 0.1) is 5.92 Å². The van der Waals surface area contributed by atoms with E-state index < -0.39 is 0 Å². The van der Waals surface area contributed by atoms with Crippen LogP contribution in [0.5, 0.6) is 0 Å². The van der Waals surface area contributed by atoms with Crippen LogP contribution in [0.4, 0.5) is 0 Å². The van der Waals surface area contributed by atoms with Gasteiger partial charge in [0.2, 0.25) is 5.91 Å². The molecule has 0 bridgehead atoms. The lowest BCUT2D eigenvalue weighted by Gasteiger charge is -2.13. The normalized spacial score (nSPS) is 17.4. The first kappa shape index (κ1) is 10.2. The lowest BCUT2D eigenvalue weighted by atomic mass is 9.92. The third kappa shape index (κ3) is 2.58. The average molecular weight is 203 g/mol. The van der Waals surface area contributed by atoms with Crippen molar-refractivity contribution in [1.29, 1.82) is 0 Å². The number of benzene rings is 1. The molecule has 0 radical (unpaired) electrons. The van der Waals surface area contributed by atoms with Crippen LogP contribution in [0.15, 0.2) is 24.3 Å². The number of primary amides is 1. The highest BCUT2D eigenvalue weighted by molar-refractivity contribution is 5.82. The van der Waals surface area contributed by atoms with E-state index in [4.69, 9.17) is 5.73 Å². The Morgan fingerprint density at radius 2 is 2.27 bits per heavy atom. The van der Waals surface area contributed by atoms with Crippen LogP contribution >= 0.6 is 0 Å². The monoisotopic (exact) mass is 203 g/mol. The second-order valence-electron chi connectivity index (χ2n) is 4.55. The number of carbonyl (C=O) groups is 1. The molecular formula is C13H17NO. The summed E-state index contributed by atoms with van der Waals surface area (Å²) in [5, 5.41) is 0. The zero-order valence-corrected chi connectivity index (χ0v) is 9.07. The maximum Gasteiger partial charge on any atom is 0.224 e. The number of hydrogen-bond donors (Lipinski definition) is 1. The number of aryl methyl sites for hydroxylation is 1. The molecule has 0 aliphatic heterocycles. The van der Waals surface area contributed by atoms with Crippen molar-refractivity contribution in [3.63, 3.8) is 0 Å². The molecule has 1 aliphatic rings. The topological polar surface area (TPSA) is 43.1 Å². The first-order valence-electron chi connectivity index (χ1n) is 5.52. The van der Waals surface area contributed by atoms with Crippen molar-refractivity contribution in [2.24, 2.45) is 11.7 Å². The van der Waals surface area contributed by atoms with Crippen molar-refractivity contribution >= 4 is 5.91 Å². The Balaban J connectivity index is 2.18. The fraction of sp³-hybridized carbons (Fsp3) is 0.462. The fourth-order valence-electron chi connectivity index (χ4n) is 1.99. The van der Waals surface area contributed by atoms with Crippen LogP contribution in [0.25, 0.3) is 0 Å². The lowest BCUT2D eigenvalue weighted by Crippen LogP contribution is -2.22. The van der Waals surface area contributed by atoms with Crippen LogP contribution in [0, 0.1) is 12.8 Å². The Morgan fingerprint density at radius 3 is 2.80 bits per heavy atom.